The van der Waals surface area contributed by atoms with Gasteiger partial charge in [-0.25, -0.2) is 8.78 Å². The highest BCUT2D eigenvalue weighted by atomic mass is 19.2. The van der Waals surface area contributed by atoms with Crippen molar-refractivity contribution in [3.8, 4) is 0 Å². The van der Waals surface area contributed by atoms with Crippen molar-refractivity contribution in [3.63, 3.8) is 0 Å². The van der Waals surface area contributed by atoms with Crippen LogP contribution in [0.4, 0.5) is 8.78 Å². The van der Waals surface area contributed by atoms with Crippen molar-refractivity contribution in [1.29, 1.82) is 0 Å². The Balaban J connectivity index is 2.58. The van der Waals surface area contributed by atoms with Gasteiger partial charge in [-0.05, 0) is 25.5 Å². The minimum absolute atomic E-state index is 0.332. The molecule has 0 N–H and O–H groups in total. The average Bonchev–Trinajstić information content (AvgIpc) is 2.11. The van der Waals surface area contributed by atoms with Gasteiger partial charge in [0.2, 0.25) is 0 Å². The van der Waals surface area contributed by atoms with Crippen molar-refractivity contribution in [3.05, 3.63) is 34.9 Å². The summed E-state index contributed by atoms with van der Waals surface area (Å²) in [5, 5.41) is 0. The van der Waals surface area contributed by atoms with E-state index < -0.39 is 11.6 Å². The van der Waals surface area contributed by atoms with Crippen molar-refractivity contribution in [1.82, 2.24) is 0 Å². The molecule has 1 aliphatic rings. The fourth-order valence-electron chi connectivity index (χ4n) is 1.63. The zero-order valence-electron chi connectivity index (χ0n) is 8.14. The molecule has 1 nitrogen and oxygen atoms in total. The number of fused-ring (bicyclic) bond motifs is 1. The van der Waals surface area contributed by atoms with Crippen molar-refractivity contribution in [2.24, 2.45) is 4.99 Å². The number of hydrogen-bond donors (Lipinski definition) is 0. The molecule has 0 spiro atoms. The van der Waals surface area contributed by atoms with Gasteiger partial charge >= 0.3 is 0 Å². The van der Waals surface area contributed by atoms with E-state index in [9.17, 15) is 8.78 Å². The Kier molecular flexibility index (Phi) is 1.91. The average molecular weight is 195 g/mol. The fourth-order valence-corrected chi connectivity index (χ4v) is 1.63. The molecule has 14 heavy (non-hydrogen) atoms. The highest BCUT2D eigenvalue weighted by Crippen LogP contribution is 2.26. The summed E-state index contributed by atoms with van der Waals surface area (Å²) in [6.07, 6.45) is 2.06. The number of benzene rings is 1. The summed E-state index contributed by atoms with van der Waals surface area (Å²) in [7, 11) is 0. The van der Waals surface area contributed by atoms with E-state index in [2.05, 4.69) is 4.99 Å². The molecule has 0 radical (unpaired) electrons. The Morgan fingerprint density at radius 1 is 1.29 bits per heavy atom. The Morgan fingerprint density at radius 2 is 2.00 bits per heavy atom. The van der Waals surface area contributed by atoms with Crippen molar-refractivity contribution in [2.45, 2.75) is 25.8 Å². The quantitative estimate of drug-likeness (QED) is 0.603. The predicted molar refractivity (Wildman–Crippen MR) is 51.7 cm³/mol. The van der Waals surface area contributed by atoms with Crippen LogP contribution in [-0.4, -0.2) is 11.8 Å². The third-order valence-corrected chi connectivity index (χ3v) is 2.39. The molecule has 2 rings (SSSR count). The lowest BCUT2D eigenvalue weighted by Gasteiger charge is -2.25. The van der Waals surface area contributed by atoms with Crippen LogP contribution < -0.4 is 0 Å². The van der Waals surface area contributed by atoms with Gasteiger partial charge in [-0.3, -0.25) is 4.99 Å². The molecule has 0 aliphatic carbocycles. The van der Waals surface area contributed by atoms with E-state index in [0.717, 1.165) is 6.07 Å². The summed E-state index contributed by atoms with van der Waals surface area (Å²) in [5.41, 5.74) is 0.787. The van der Waals surface area contributed by atoms with Crippen LogP contribution in [0.15, 0.2) is 17.1 Å². The van der Waals surface area contributed by atoms with Gasteiger partial charge in [0.25, 0.3) is 0 Å². The number of rotatable bonds is 0. The van der Waals surface area contributed by atoms with Crippen LogP contribution in [0, 0.1) is 11.6 Å². The van der Waals surface area contributed by atoms with Gasteiger partial charge in [0.05, 0.1) is 5.54 Å². The van der Waals surface area contributed by atoms with Crippen LogP contribution in [0.5, 0.6) is 0 Å². The zero-order valence-corrected chi connectivity index (χ0v) is 8.14. The number of halogens is 2. The largest absolute Gasteiger partial charge is 0.286 e. The molecule has 0 fully saturated rings. The lowest BCUT2D eigenvalue weighted by atomic mass is 9.89. The summed E-state index contributed by atoms with van der Waals surface area (Å²) in [5.74, 6) is -1.52. The van der Waals surface area contributed by atoms with E-state index in [4.69, 9.17) is 0 Å². The molecule has 0 unspecified atom stereocenters. The second-order valence-electron chi connectivity index (χ2n) is 4.18. The minimum atomic E-state index is -0.783. The van der Waals surface area contributed by atoms with Crippen molar-refractivity contribution >= 4 is 6.21 Å². The molecule has 0 aromatic heterocycles. The Bertz CT molecular complexity index is 408. The fraction of sp³-hybridized carbons (Fsp3) is 0.364. The van der Waals surface area contributed by atoms with E-state index in [-0.39, 0.29) is 5.54 Å². The molecule has 1 aromatic rings. The smallest absolute Gasteiger partial charge is 0.162 e. The summed E-state index contributed by atoms with van der Waals surface area (Å²) < 4.78 is 26.3. The van der Waals surface area contributed by atoms with Crippen molar-refractivity contribution in [2.75, 3.05) is 0 Å². The second kappa shape index (κ2) is 2.87. The first-order valence-corrected chi connectivity index (χ1v) is 4.52. The molecule has 1 heterocycles. The lowest BCUT2D eigenvalue weighted by molar-refractivity contribution is 0.463. The molecule has 74 valence electrons. The molecule has 1 aliphatic heterocycles. The van der Waals surface area contributed by atoms with E-state index in [0.29, 0.717) is 17.5 Å². The third-order valence-electron chi connectivity index (χ3n) is 2.39. The normalized spacial score (nSPS) is 18.0. The van der Waals surface area contributed by atoms with Gasteiger partial charge in [-0.15, -0.1) is 0 Å². The molecule has 0 saturated carbocycles. The molecule has 3 heteroatoms. The summed E-state index contributed by atoms with van der Waals surface area (Å²) in [4.78, 5) is 4.26. The summed E-state index contributed by atoms with van der Waals surface area (Å²) >= 11 is 0. The topological polar surface area (TPSA) is 12.4 Å². The first-order valence-electron chi connectivity index (χ1n) is 4.52. The van der Waals surface area contributed by atoms with Gasteiger partial charge in [-0.1, -0.05) is 6.07 Å². The van der Waals surface area contributed by atoms with E-state index in [1.54, 1.807) is 12.3 Å². The Hall–Kier alpha value is -1.25. The van der Waals surface area contributed by atoms with Crippen LogP contribution in [0.1, 0.15) is 25.0 Å². The van der Waals surface area contributed by atoms with E-state index in [1.165, 1.54) is 0 Å². The maximum absolute atomic E-state index is 13.4. The molecular formula is C11H11F2N. The Labute approximate surface area is 81.5 Å². The second-order valence-corrected chi connectivity index (χ2v) is 4.18. The van der Waals surface area contributed by atoms with Crippen LogP contribution in [0.3, 0.4) is 0 Å². The van der Waals surface area contributed by atoms with Crippen LogP contribution >= 0.6 is 0 Å². The third kappa shape index (κ3) is 1.43. The van der Waals surface area contributed by atoms with Crippen LogP contribution in [0.2, 0.25) is 0 Å². The van der Waals surface area contributed by atoms with E-state index in [1.807, 2.05) is 13.8 Å². The van der Waals surface area contributed by atoms with Gasteiger partial charge in [0, 0.05) is 18.2 Å². The summed E-state index contributed by atoms with van der Waals surface area (Å²) in [6.45, 7) is 3.80. The summed E-state index contributed by atoms with van der Waals surface area (Å²) in [6, 6.07) is 2.70. The van der Waals surface area contributed by atoms with Crippen LogP contribution in [0.25, 0.3) is 0 Å². The monoisotopic (exact) mass is 195 g/mol. The van der Waals surface area contributed by atoms with Gasteiger partial charge in [-0.2, -0.15) is 0 Å². The first-order chi connectivity index (χ1) is 6.49. The Morgan fingerprint density at radius 3 is 2.71 bits per heavy atom. The highest BCUT2D eigenvalue weighted by Gasteiger charge is 2.25. The molecule has 1 aromatic carbocycles. The number of aliphatic imine (C=N–C) groups is 1. The molecule has 0 amide bonds. The van der Waals surface area contributed by atoms with Gasteiger partial charge in [0.15, 0.2) is 11.6 Å². The highest BCUT2D eigenvalue weighted by molar-refractivity contribution is 5.83. The van der Waals surface area contributed by atoms with Crippen molar-refractivity contribution < 1.29 is 8.78 Å². The molecule has 0 saturated heterocycles. The lowest BCUT2D eigenvalue weighted by Crippen LogP contribution is -2.26. The molecule has 0 bridgehead atoms. The maximum atomic E-state index is 13.4. The maximum Gasteiger partial charge on any atom is 0.162 e. The standard InChI is InChI=1S/C11H11F2N/c1-11(2)5-8-7(6-14-11)3-4-9(12)10(8)13/h3-4,6H,5H2,1-2H3. The molecule has 0 atom stereocenters. The first kappa shape index (κ1) is 9.31. The SMILES string of the molecule is CC1(C)Cc2c(ccc(F)c2F)C=N1. The van der Waals surface area contributed by atoms with Crippen LogP contribution in [-0.2, 0) is 6.42 Å². The zero-order chi connectivity index (χ0) is 10.3. The van der Waals surface area contributed by atoms with Gasteiger partial charge < -0.3 is 0 Å². The predicted octanol–water partition coefficient (Wildman–Crippen LogP) is 2.72. The van der Waals surface area contributed by atoms with E-state index >= 15 is 0 Å². The number of nitrogens with zero attached hydrogens (tertiary/aromatic N) is 1. The minimum Gasteiger partial charge on any atom is -0.286 e. The van der Waals surface area contributed by atoms with Gasteiger partial charge in [0.1, 0.15) is 0 Å². The number of hydrogen-bond acceptors (Lipinski definition) is 1. The molecular weight excluding hydrogens is 184 g/mol.